The van der Waals surface area contributed by atoms with E-state index in [-0.39, 0.29) is 6.10 Å². The molecule has 1 amide bonds. The summed E-state index contributed by atoms with van der Waals surface area (Å²) in [5, 5.41) is 10.3. The van der Waals surface area contributed by atoms with E-state index in [1.807, 2.05) is 0 Å². The van der Waals surface area contributed by atoms with Gasteiger partial charge < -0.3 is 10.0 Å². The van der Waals surface area contributed by atoms with Crippen molar-refractivity contribution in [2.24, 2.45) is 11.8 Å². The molecule has 1 aliphatic carbocycles. The highest BCUT2D eigenvalue weighted by atomic mass is 16.3. The summed E-state index contributed by atoms with van der Waals surface area (Å²) in [7, 11) is 0. The predicted molar refractivity (Wildman–Crippen MR) is 76.8 cm³/mol. The van der Waals surface area contributed by atoms with E-state index in [0.29, 0.717) is 30.2 Å². The number of aliphatic hydroxyl groups is 1. The second kappa shape index (κ2) is 6.74. The van der Waals surface area contributed by atoms with Gasteiger partial charge in [0.05, 0.1) is 6.10 Å². The van der Waals surface area contributed by atoms with E-state index in [1.54, 1.807) is 0 Å². The molecule has 3 heteroatoms. The Morgan fingerprint density at radius 3 is 2.53 bits per heavy atom. The molecule has 1 aliphatic heterocycles. The third-order valence-corrected chi connectivity index (χ3v) is 4.73. The second-order valence-electron chi connectivity index (χ2n) is 6.76. The number of piperidine rings is 1. The summed E-state index contributed by atoms with van der Waals surface area (Å²) in [4.78, 5) is 14.5. The summed E-state index contributed by atoms with van der Waals surface area (Å²) in [5.74, 6) is 1.05. The lowest BCUT2D eigenvalue weighted by Gasteiger charge is -2.44. The summed E-state index contributed by atoms with van der Waals surface area (Å²) < 4.78 is 0. The number of carbonyl (C=O) groups is 1. The van der Waals surface area contributed by atoms with Crippen molar-refractivity contribution in [2.75, 3.05) is 6.54 Å². The Balaban J connectivity index is 2.04. The largest absolute Gasteiger partial charge is 0.393 e. The van der Waals surface area contributed by atoms with Crippen molar-refractivity contribution >= 4 is 5.91 Å². The number of rotatable bonds is 3. The summed E-state index contributed by atoms with van der Waals surface area (Å²) in [6.07, 6.45) is 8.26. The van der Waals surface area contributed by atoms with Crippen LogP contribution in [0.15, 0.2) is 0 Å². The smallest absolute Gasteiger partial charge is 0.223 e. The molecule has 3 atom stereocenters. The van der Waals surface area contributed by atoms with Crippen LogP contribution in [-0.4, -0.2) is 34.6 Å². The van der Waals surface area contributed by atoms with E-state index < -0.39 is 0 Å². The number of nitrogens with zero attached hydrogens (tertiary/aromatic N) is 1. The summed E-state index contributed by atoms with van der Waals surface area (Å²) >= 11 is 0. The van der Waals surface area contributed by atoms with Gasteiger partial charge in [0.2, 0.25) is 5.91 Å². The van der Waals surface area contributed by atoms with Crippen LogP contribution in [0.3, 0.4) is 0 Å². The molecule has 19 heavy (non-hydrogen) atoms. The van der Waals surface area contributed by atoms with E-state index in [2.05, 4.69) is 18.7 Å². The maximum absolute atomic E-state index is 12.4. The van der Waals surface area contributed by atoms with Crippen LogP contribution in [0.1, 0.15) is 65.2 Å². The minimum absolute atomic E-state index is 0.189. The predicted octanol–water partition coefficient (Wildman–Crippen LogP) is 2.96. The maximum atomic E-state index is 12.4. The molecule has 3 nitrogen and oxygen atoms in total. The van der Waals surface area contributed by atoms with Gasteiger partial charge in [-0.2, -0.15) is 0 Å². The molecule has 1 heterocycles. The average Bonchev–Trinajstić information content (AvgIpc) is 2.38. The second-order valence-corrected chi connectivity index (χ2v) is 6.76. The lowest BCUT2D eigenvalue weighted by Crippen LogP contribution is -2.51. The first-order valence-electron chi connectivity index (χ1n) is 8.07. The van der Waals surface area contributed by atoms with Gasteiger partial charge in [-0.05, 0) is 38.0 Å². The van der Waals surface area contributed by atoms with Gasteiger partial charge in [0.15, 0.2) is 0 Å². The molecule has 0 aromatic rings. The molecule has 0 aromatic carbocycles. The molecule has 3 unspecified atom stereocenters. The first-order chi connectivity index (χ1) is 9.09. The van der Waals surface area contributed by atoms with E-state index in [1.165, 1.54) is 12.8 Å². The van der Waals surface area contributed by atoms with Crippen LogP contribution >= 0.6 is 0 Å². The van der Waals surface area contributed by atoms with Crippen molar-refractivity contribution in [3.05, 3.63) is 0 Å². The van der Waals surface area contributed by atoms with Crippen molar-refractivity contribution in [3.63, 3.8) is 0 Å². The Hall–Kier alpha value is -0.570. The van der Waals surface area contributed by atoms with Crippen LogP contribution in [0.2, 0.25) is 0 Å². The fourth-order valence-electron chi connectivity index (χ4n) is 3.77. The molecule has 2 fully saturated rings. The molecule has 1 saturated carbocycles. The molecule has 1 N–H and O–H groups in total. The quantitative estimate of drug-likeness (QED) is 0.854. The minimum atomic E-state index is -0.189. The van der Waals surface area contributed by atoms with Crippen LogP contribution in [0.5, 0.6) is 0 Å². The van der Waals surface area contributed by atoms with Gasteiger partial charge in [0, 0.05) is 24.9 Å². The number of aliphatic hydroxyl groups excluding tert-OH is 1. The van der Waals surface area contributed by atoms with E-state index in [4.69, 9.17) is 0 Å². The topological polar surface area (TPSA) is 40.5 Å². The summed E-state index contributed by atoms with van der Waals surface area (Å²) in [6, 6.07) is 0.301. The van der Waals surface area contributed by atoms with E-state index in [0.717, 1.165) is 38.6 Å². The zero-order valence-electron chi connectivity index (χ0n) is 12.5. The van der Waals surface area contributed by atoms with Gasteiger partial charge >= 0.3 is 0 Å². The highest BCUT2D eigenvalue weighted by molar-refractivity contribution is 5.76. The first-order valence-corrected chi connectivity index (χ1v) is 8.07. The zero-order valence-corrected chi connectivity index (χ0v) is 12.5. The van der Waals surface area contributed by atoms with Gasteiger partial charge in [-0.1, -0.05) is 26.7 Å². The molecule has 2 rings (SSSR count). The Kier molecular flexibility index (Phi) is 5.26. The Labute approximate surface area is 117 Å². The molecule has 0 aromatic heterocycles. The monoisotopic (exact) mass is 267 g/mol. The third kappa shape index (κ3) is 3.71. The minimum Gasteiger partial charge on any atom is -0.393 e. The van der Waals surface area contributed by atoms with Crippen molar-refractivity contribution in [2.45, 2.75) is 77.4 Å². The number of hydrogen-bond acceptors (Lipinski definition) is 2. The van der Waals surface area contributed by atoms with Crippen molar-refractivity contribution < 1.29 is 9.90 Å². The summed E-state index contributed by atoms with van der Waals surface area (Å²) in [6.45, 7) is 5.11. The van der Waals surface area contributed by atoms with Crippen LogP contribution < -0.4 is 0 Å². The lowest BCUT2D eigenvalue weighted by molar-refractivity contribution is -0.139. The fraction of sp³-hybridized carbons (Fsp3) is 0.938. The highest BCUT2D eigenvalue weighted by Crippen LogP contribution is 2.34. The standard InChI is InChI=1S/C16H29NO2/c1-12(2)11-16(19)17-10-6-5-8-14(17)13-7-3-4-9-15(13)18/h12-15,18H,3-11H2,1-2H3. The fourth-order valence-corrected chi connectivity index (χ4v) is 3.77. The molecule has 2 aliphatic rings. The SMILES string of the molecule is CC(C)CC(=O)N1CCCCC1C1CCCCC1O. The molecule has 1 saturated heterocycles. The van der Waals surface area contributed by atoms with E-state index >= 15 is 0 Å². The van der Waals surface area contributed by atoms with Crippen molar-refractivity contribution in [1.82, 2.24) is 4.90 Å². The molecular weight excluding hydrogens is 238 g/mol. The Bertz CT molecular complexity index is 303. The molecule has 0 bridgehead atoms. The van der Waals surface area contributed by atoms with Crippen LogP contribution in [-0.2, 0) is 4.79 Å². The molecule has 0 spiro atoms. The average molecular weight is 267 g/mol. The number of carbonyl (C=O) groups excluding carboxylic acids is 1. The maximum Gasteiger partial charge on any atom is 0.223 e. The number of likely N-dealkylation sites (tertiary alicyclic amines) is 1. The lowest BCUT2D eigenvalue weighted by atomic mass is 9.78. The molecule has 110 valence electrons. The number of amides is 1. The summed E-state index contributed by atoms with van der Waals surface area (Å²) in [5.41, 5.74) is 0. The first kappa shape index (κ1) is 14.8. The van der Waals surface area contributed by atoms with Gasteiger partial charge in [-0.25, -0.2) is 0 Å². The van der Waals surface area contributed by atoms with Crippen LogP contribution in [0, 0.1) is 11.8 Å². The van der Waals surface area contributed by atoms with Crippen molar-refractivity contribution in [1.29, 1.82) is 0 Å². The van der Waals surface area contributed by atoms with Gasteiger partial charge in [0.25, 0.3) is 0 Å². The third-order valence-electron chi connectivity index (χ3n) is 4.73. The van der Waals surface area contributed by atoms with Crippen LogP contribution in [0.25, 0.3) is 0 Å². The number of hydrogen-bond donors (Lipinski definition) is 1. The molecule has 0 radical (unpaired) electrons. The normalized spacial score (nSPS) is 32.6. The zero-order chi connectivity index (χ0) is 13.8. The van der Waals surface area contributed by atoms with Gasteiger partial charge in [-0.15, -0.1) is 0 Å². The van der Waals surface area contributed by atoms with Crippen LogP contribution in [0.4, 0.5) is 0 Å². The molecular formula is C16H29NO2. The highest BCUT2D eigenvalue weighted by Gasteiger charge is 2.37. The van der Waals surface area contributed by atoms with Crippen molar-refractivity contribution in [3.8, 4) is 0 Å². The van der Waals surface area contributed by atoms with Gasteiger partial charge in [0.1, 0.15) is 0 Å². The van der Waals surface area contributed by atoms with E-state index in [9.17, 15) is 9.90 Å². The Morgan fingerprint density at radius 2 is 1.84 bits per heavy atom. The Morgan fingerprint density at radius 1 is 1.16 bits per heavy atom. The van der Waals surface area contributed by atoms with Gasteiger partial charge in [-0.3, -0.25) is 4.79 Å².